The second kappa shape index (κ2) is 7.21. The first-order chi connectivity index (χ1) is 8.54. The summed E-state index contributed by atoms with van der Waals surface area (Å²) in [7, 11) is -12.4. The third kappa shape index (κ3) is 10.9. The van der Waals surface area contributed by atoms with Crippen molar-refractivity contribution in [3.63, 3.8) is 0 Å². The quantitative estimate of drug-likeness (QED) is 0.366. The van der Waals surface area contributed by atoms with Crippen molar-refractivity contribution in [3.05, 3.63) is 0 Å². The maximum atomic E-state index is 11.5. The second-order valence-corrected chi connectivity index (χ2v) is 20.1. The molecule has 0 fully saturated rings. The molecular weight excluding hydrogens is 440 g/mol. The van der Waals surface area contributed by atoms with E-state index in [1.807, 2.05) is 0 Å². The standard InChI is InChI=1S/C4H9.3CH5O3P.Sn/c1-4(2)3;3*1-5(2,3)4;/h4H,1H2,2-3H3;3*1H3,(H2,2,3,4);/q;;;;+3/p-3. The second-order valence-electron chi connectivity index (χ2n) is 4.96. The van der Waals surface area contributed by atoms with Crippen LogP contribution in [0.1, 0.15) is 13.8 Å². The van der Waals surface area contributed by atoms with Gasteiger partial charge >= 0.3 is 124 Å². The summed E-state index contributed by atoms with van der Waals surface area (Å²) in [4.78, 5) is 28.0. The molecule has 0 aliphatic carbocycles. The van der Waals surface area contributed by atoms with Crippen molar-refractivity contribution in [1.29, 1.82) is 0 Å². The third-order valence-corrected chi connectivity index (χ3v) is 23.0. The van der Waals surface area contributed by atoms with Crippen LogP contribution in [0.2, 0.25) is 4.44 Å². The fraction of sp³-hybridized carbons (Fsp3) is 1.00. The Balaban J connectivity index is 5.68. The van der Waals surface area contributed by atoms with Crippen LogP contribution in [0.25, 0.3) is 0 Å². The van der Waals surface area contributed by atoms with Crippen LogP contribution in [0.5, 0.6) is 0 Å². The Hall–Kier alpha value is 1.25. The van der Waals surface area contributed by atoms with Gasteiger partial charge < -0.3 is 0 Å². The SMILES string of the molecule is CC(C)[CH2][Sn]([O]P(C)(=O)O)([O]P(C)(=O)O)[O]P(C)(=O)O. The normalized spacial score (nSPS) is 24.4. The topological polar surface area (TPSA) is 140 Å². The molecule has 9 nitrogen and oxygen atoms in total. The fourth-order valence-corrected chi connectivity index (χ4v) is 24.2. The molecule has 13 heteroatoms. The molecular formula is C7H21O9P3Sn. The molecule has 0 aliphatic heterocycles. The Kier molecular flexibility index (Phi) is 7.66. The first-order valence-electron chi connectivity index (χ1n) is 5.57. The monoisotopic (exact) mass is 462 g/mol. The number of rotatable bonds is 8. The zero-order valence-electron chi connectivity index (χ0n) is 11.9. The Morgan fingerprint density at radius 1 is 0.850 bits per heavy atom. The molecule has 3 unspecified atom stereocenters. The molecule has 0 aliphatic rings. The molecule has 0 spiro atoms. The summed E-state index contributed by atoms with van der Waals surface area (Å²) in [6, 6.07) is 0. The summed E-state index contributed by atoms with van der Waals surface area (Å²) in [5, 5.41) is 0. The first kappa shape index (κ1) is 21.2. The average molecular weight is 461 g/mol. The summed E-state index contributed by atoms with van der Waals surface area (Å²) < 4.78 is 49.0. The van der Waals surface area contributed by atoms with Gasteiger partial charge in [-0.3, -0.25) is 0 Å². The molecule has 0 aromatic carbocycles. The molecule has 3 atom stereocenters. The number of hydrogen-bond acceptors (Lipinski definition) is 6. The van der Waals surface area contributed by atoms with Crippen LogP contribution in [0.15, 0.2) is 0 Å². The molecule has 0 bridgehead atoms. The van der Waals surface area contributed by atoms with Gasteiger partial charge in [-0.15, -0.1) is 0 Å². The van der Waals surface area contributed by atoms with Gasteiger partial charge in [-0.05, 0) is 0 Å². The van der Waals surface area contributed by atoms with E-state index < -0.39 is 42.4 Å². The Morgan fingerprint density at radius 3 is 1.25 bits per heavy atom. The van der Waals surface area contributed by atoms with E-state index in [1.54, 1.807) is 13.8 Å². The summed E-state index contributed by atoms with van der Waals surface area (Å²) in [6.07, 6.45) is 0. The van der Waals surface area contributed by atoms with Gasteiger partial charge in [0.2, 0.25) is 0 Å². The molecule has 0 aromatic heterocycles. The van der Waals surface area contributed by atoms with E-state index in [4.69, 9.17) is 8.58 Å². The van der Waals surface area contributed by atoms with Gasteiger partial charge in [-0.2, -0.15) is 0 Å². The van der Waals surface area contributed by atoms with E-state index >= 15 is 0 Å². The summed E-state index contributed by atoms with van der Waals surface area (Å²) in [6.45, 7) is 5.93. The summed E-state index contributed by atoms with van der Waals surface area (Å²) in [5.74, 6) is -0.199. The molecule has 0 saturated carbocycles. The van der Waals surface area contributed by atoms with E-state index in [-0.39, 0.29) is 10.4 Å². The van der Waals surface area contributed by atoms with Gasteiger partial charge in [0.1, 0.15) is 0 Å². The summed E-state index contributed by atoms with van der Waals surface area (Å²) >= 11 is -5.20. The van der Waals surface area contributed by atoms with Crippen LogP contribution in [0.4, 0.5) is 0 Å². The molecule has 0 amide bonds. The maximum absolute atomic E-state index is 11.5. The molecule has 0 rings (SSSR count). The predicted molar refractivity (Wildman–Crippen MR) is 75.9 cm³/mol. The molecule has 20 heavy (non-hydrogen) atoms. The van der Waals surface area contributed by atoms with E-state index in [0.29, 0.717) is 0 Å². The van der Waals surface area contributed by atoms with E-state index in [1.165, 1.54) is 0 Å². The van der Waals surface area contributed by atoms with Gasteiger partial charge in [0.15, 0.2) is 0 Å². The van der Waals surface area contributed by atoms with E-state index in [0.717, 1.165) is 20.0 Å². The Labute approximate surface area is 123 Å². The van der Waals surface area contributed by atoms with Crippen LogP contribution in [-0.4, -0.2) is 54.3 Å². The van der Waals surface area contributed by atoms with Gasteiger partial charge in [0.05, 0.1) is 0 Å². The van der Waals surface area contributed by atoms with E-state index in [2.05, 4.69) is 0 Å². The Bertz CT molecular complexity index is 400. The zero-order valence-corrected chi connectivity index (χ0v) is 17.5. The minimum absolute atomic E-state index is 0.0934. The van der Waals surface area contributed by atoms with Crippen LogP contribution < -0.4 is 0 Å². The van der Waals surface area contributed by atoms with Crippen molar-refractivity contribution < 1.29 is 37.0 Å². The van der Waals surface area contributed by atoms with Crippen molar-refractivity contribution in [2.45, 2.75) is 18.3 Å². The van der Waals surface area contributed by atoms with Crippen LogP contribution in [0.3, 0.4) is 0 Å². The number of hydrogen-bond donors (Lipinski definition) is 3. The van der Waals surface area contributed by atoms with Gasteiger partial charge in [-0.1, -0.05) is 0 Å². The zero-order chi connectivity index (χ0) is 16.4. The van der Waals surface area contributed by atoms with Crippen molar-refractivity contribution in [1.82, 2.24) is 0 Å². The summed E-state index contributed by atoms with van der Waals surface area (Å²) in [5.41, 5.74) is 0. The first-order valence-corrected chi connectivity index (χ1v) is 17.2. The van der Waals surface area contributed by atoms with Gasteiger partial charge in [-0.25, -0.2) is 0 Å². The predicted octanol–water partition coefficient (Wildman–Crippen LogP) is 2.08. The molecule has 0 radical (unpaired) electrons. The molecule has 0 saturated heterocycles. The Morgan fingerprint density at radius 2 is 1.10 bits per heavy atom. The van der Waals surface area contributed by atoms with Crippen molar-refractivity contribution in [2.75, 3.05) is 20.0 Å². The van der Waals surface area contributed by atoms with Crippen LogP contribution in [0, 0.1) is 5.92 Å². The third-order valence-electron chi connectivity index (χ3n) is 1.58. The van der Waals surface area contributed by atoms with Gasteiger partial charge in [0, 0.05) is 0 Å². The molecule has 3 N–H and O–H groups in total. The fourth-order valence-electron chi connectivity index (χ4n) is 1.44. The minimum atomic E-state index is -5.20. The molecule has 0 aromatic rings. The van der Waals surface area contributed by atoms with Crippen LogP contribution >= 0.6 is 22.8 Å². The van der Waals surface area contributed by atoms with Crippen molar-refractivity contribution >= 4 is 42.4 Å². The molecule has 122 valence electrons. The van der Waals surface area contributed by atoms with Gasteiger partial charge in [0.25, 0.3) is 0 Å². The van der Waals surface area contributed by atoms with Crippen molar-refractivity contribution in [2.24, 2.45) is 5.92 Å². The van der Waals surface area contributed by atoms with Crippen molar-refractivity contribution in [3.8, 4) is 0 Å². The van der Waals surface area contributed by atoms with Crippen LogP contribution in [-0.2, 0) is 22.3 Å². The molecule has 0 heterocycles. The van der Waals surface area contributed by atoms with E-state index in [9.17, 15) is 28.4 Å². The average Bonchev–Trinajstić information content (AvgIpc) is 1.86.